The van der Waals surface area contributed by atoms with Crippen LogP contribution in [-0.4, -0.2) is 60.9 Å². The molecule has 0 bridgehead atoms. The summed E-state index contributed by atoms with van der Waals surface area (Å²) >= 11 is 18.4. The van der Waals surface area contributed by atoms with Gasteiger partial charge in [0.25, 0.3) is 0 Å². The first-order valence-corrected chi connectivity index (χ1v) is 18.9. The van der Waals surface area contributed by atoms with E-state index in [-0.39, 0.29) is 5.41 Å². The minimum atomic E-state index is -2.20. The predicted octanol–water partition coefficient (Wildman–Crippen LogP) is 5.49. The van der Waals surface area contributed by atoms with E-state index in [0.717, 1.165) is 34.5 Å². The van der Waals surface area contributed by atoms with E-state index in [1.54, 1.807) is 22.8 Å². The highest BCUT2D eigenvalue weighted by Crippen LogP contribution is 2.68. The van der Waals surface area contributed by atoms with Gasteiger partial charge in [0.2, 0.25) is 11.4 Å². The third-order valence-electron chi connectivity index (χ3n) is 3.48. The van der Waals surface area contributed by atoms with Crippen LogP contribution in [0, 0.1) is 5.41 Å². The highest BCUT2D eigenvalue weighted by Gasteiger charge is 2.46. The molecule has 0 aliphatic carbocycles. The molecule has 0 aromatic rings. The first-order valence-electron chi connectivity index (χ1n) is 8.18. The summed E-state index contributed by atoms with van der Waals surface area (Å²) in [5, 5.41) is 0. The van der Waals surface area contributed by atoms with E-state index >= 15 is 0 Å². The molecule has 148 valence electrons. The smallest absolute Gasteiger partial charge is 0.247 e. The zero-order valence-electron chi connectivity index (χ0n) is 14.5. The van der Waals surface area contributed by atoms with Crippen molar-refractivity contribution in [3.63, 3.8) is 0 Å². The molecular weight excluding hydrogens is 474 g/mol. The molecule has 2 heterocycles. The molecule has 2 aliphatic rings. The van der Waals surface area contributed by atoms with Crippen molar-refractivity contribution >= 4 is 81.3 Å². The van der Waals surface area contributed by atoms with E-state index < -0.39 is 11.4 Å². The summed E-state index contributed by atoms with van der Waals surface area (Å²) < 4.78 is 23.9. The molecule has 0 amide bonds. The highest BCUT2D eigenvalue weighted by molar-refractivity contribution is 8.68. The second kappa shape index (κ2) is 11.7. The van der Waals surface area contributed by atoms with Crippen molar-refractivity contribution in [2.24, 2.45) is 5.41 Å². The van der Waals surface area contributed by atoms with Crippen molar-refractivity contribution in [1.82, 2.24) is 0 Å². The lowest BCUT2D eigenvalue weighted by Gasteiger charge is -2.44. The lowest BCUT2D eigenvalue weighted by molar-refractivity contribution is -0.0485. The van der Waals surface area contributed by atoms with E-state index in [9.17, 15) is 0 Å². The van der Waals surface area contributed by atoms with Crippen molar-refractivity contribution in [1.29, 1.82) is 0 Å². The Bertz CT molecular complexity index is 437. The van der Waals surface area contributed by atoms with Gasteiger partial charge in [-0.2, -0.15) is 23.5 Å². The normalized spacial score (nSPS) is 35.9. The number of hydrogen-bond donors (Lipinski definition) is 0. The van der Waals surface area contributed by atoms with Crippen LogP contribution in [0.2, 0.25) is 0 Å². The topological polar surface area (TPSA) is 36.9 Å². The van der Waals surface area contributed by atoms with Crippen molar-refractivity contribution in [2.45, 2.75) is 13.8 Å². The molecule has 0 aromatic carbocycles. The highest BCUT2D eigenvalue weighted by atomic mass is 32.9. The molecule has 2 saturated heterocycles. The molecule has 0 unspecified atom stereocenters. The van der Waals surface area contributed by atoms with Crippen LogP contribution in [0.25, 0.3) is 0 Å². The first-order chi connectivity index (χ1) is 11.9. The summed E-state index contributed by atoms with van der Waals surface area (Å²) in [6.45, 7) is 6.51. The van der Waals surface area contributed by atoms with Crippen LogP contribution < -0.4 is 0 Å². The van der Waals surface area contributed by atoms with Crippen LogP contribution in [0.1, 0.15) is 13.8 Å². The lowest BCUT2D eigenvalue weighted by Crippen LogP contribution is -2.45. The van der Waals surface area contributed by atoms with E-state index in [1.165, 1.54) is 0 Å². The SMILES string of the molecule is CCSCCSP1(=S)OCC2(CO1)COP(=S)(SCCSCC)OC2. The molecular formula is C13H26O4P2S6. The maximum atomic E-state index is 5.99. The van der Waals surface area contributed by atoms with Gasteiger partial charge in [-0.1, -0.05) is 36.6 Å². The molecule has 4 nitrogen and oxygen atoms in total. The molecule has 25 heavy (non-hydrogen) atoms. The Labute approximate surface area is 178 Å². The summed E-state index contributed by atoms with van der Waals surface area (Å²) in [7, 11) is 0. The number of hydrogen-bond acceptors (Lipinski definition) is 10. The fraction of sp³-hybridized carbons (Fsp3) is 1.00. The molecule has 2 fully saturated rings. The average molecular weight is 501 g/mol. The Morgan fingerprint density at radius 2 is 1.08 bits per heavy atom. The Hall–Kier alpha value is 2.54. The van der Waals surface area contributed by atoms with Gasteiger partial charge in [-0.05, 0) is 35.1 Å². The molecule has 0 N–H and O–H groups in total. The van der Waals surface area contributed by atoms with Crippen LogP contribution in [0.4, 0.5) is 0 Å². The number of rotatable bonds is 10. The van der Waals surface area contributed by atoms with Crippen molar-refractivity contribution < 1.29 is 18.1 Å². The van der Waals surface area contributed by atoms with Crippen LogP contribution in [0.5, 0.6) is 0 Å². The van der Waals surface area contributed by atoms with Gasteiger partial charge in [-0.25, -0.2) is 0 Å². The average Bonchev–Trinajstić information content (AvgIpc) is 2.62. The van der Waals surface area contributed by atoms with Crippen LogP contribution >= 0.6 is 57.7 Å². The third kappa shape index (κ3) is 8.06. The summed E-state index contributed by atoms with van der Waals surface area (Å²) in [5.41, 5.74) is -4.65. The fourth-order valence-electron chi connectivity index (χ4n) is 2.04. The third-order valence-corrected chi connectivity index (χ3v) is 16.4. The van der Waals surface area contributed by atoms with Crippen molar-refractivity contribution in [3.05, 3.63) is 0 Å². The van der Waals surface area contributed by atoms with Gasteiger partial charge in [-0.15, -0.1) is 0 Å². The van der Waals surface area contributed by atoms with E-state index in [4.69, 9.17) is 41.7 Å². The molecule has 2 rings (SSSR count). The molecule has 2 aliphatic heterocycles. The summed E-state index contributed by atoms with van der Waals surface area (Å²) in [6.07, 6.45) is 0. The lowest BCUT2D eigenvalue weighted by atomic mass is 9.93. The summed E-state index contributed by atoms with van der Waals surface area (Å²) in [6, 6.07) is 0. The molecule has 12 heteroatoms. The Morgan fingerprint density at radius 3 is 1.40 bits per heavy atom. The van der Waals surface area contributed by atoms with Crippen molar-refractivity contribution in [2.75, 3.05) is 60.9 Å². The second-order valence-corrected chi connectivity index (χ2v) is 21.2. The monoisotopic (exact) mass is 500 g/mol. The minimum Gasteiger partial charge on any atom is -0.321 e. The van der Waals surface area contributed by atoms with Crippen LogP contribution in [0.15, 0.2) is 0 Å². The van der Waals surface area contributed by atoms with E-state index in [0.29, 0.717) is 26.4 Å². The van der Waals surface area contributed by atoms with E-state index in [1.807, 2.05) is 23.5 Å². The van der Waals surface area contributed by atoms with E-state index in [2.05, 4.69) is 13.8 Å². The first kappa shape index (κ1) is 23.8. The van der Waals surface area contributed by atoms with Gasteiger partial charge in [0.1, 0.15) is 0 Å². The van der Waals surface area contributed by atoms with Gasteiger partial charge >= 0.3 is 0 Å². The standard InChI is InChI=1S/C13H26O4P2S6/c1-3-22-5-7-24-18(20)14-9-13(10-15-18)11-16-19(21,17-12-13)25-8-6-23-4-2/h3-12H2,1-2H3. The van der Waals surface area contributed by atoms with Crippen LogP contribution in [-0.2, 0) is 41.7 Å². The minimum absolute atomic E-state index is 0.248. The fourth-order valence-corrected chi connectivity index (χ4v) is 13.0. The molecule has 0 saturated carbocycles. The van der Waals surface area contributed by atoms with Crippen molar-refractivity contribution in [3.8, 4) is 0 Å². The maximum Gasteiger partial charge on any atom is 0.247 e. The Balaban J connectivity index is 1.73. The van der Waals surface area contributed by atoms with Gasteiger partial charge in [0, 0.05) is 23.0 Å². The Kier molecular flexibility index (Phi) is 11.1. The predicted molar refractivity (Wildman–Crippen MR) is 126 cm³/mol. The second-order valence-electron chi connectivity index (χ2n) is 5.55. The maximum absolute atomic E-state index is 5.99. The van der Waals surface area contributed by atoms with Gasteiger partial charge in [0.15, 0.2) is 0 Å². The molecule has 0 aromatic heterocycles. The largest absolute Gasteiger partial charge is 0.321 e. The zero-order valence-corrected chi connectivity index (χ0v) is 21.2. The van der Waals surface area contributed by atoms with Gasteiger partial charge in [0.05, 0.1) is 31.8 Å². The summed E-state index contributed by atoms with van der Waals surface area (Å²) in [4.78, 5) is 0. The van der Waals surface area contributed by atoms with Crippen LogP contribution in [0.3, 0.4) is 0 Å². The summed E-state index contributed by atoms with van der Waals surface area (Å²) in [5.74, 6) is 6.38. The van der Waals surface area contributed by atoms with Gasteiger partial charge < -0.3 is 18.1 Å². The molecule has 0 radical (unpaired) electrons. The number of thioether (sulfide) groups is 2. The zero-order chi connectivity index (χ0) is 18.2. The van der Waals surface area contributed by atoms with Gasteiger partial charge in [-0.3, -0.25) is 0 Å². The Morgan fingerprint density at radius 1 is 0.720 bits per heavy atom. The molecule has 1 spiro atoms. The molecule has 0 atom stereocenters. The quantitative estimate of drug-likeness (QED) is 0.284.